The van der Waals surface area contributed by atoms with Crippen molar-refractivity contribution in [3.8, 4) is 11.3 Å². The van der Waals surface area contributed by atoms with E-state index in [0.29, 0.717) is 11.7 Å². The fourth-order valence-corrected chi connectivity index (χ4v) is 4.84. The number of anilines is 2. The topological polar surface area (TPSA) is 62.3 Å². The number of hydrogen-bond donors (Lipinski definition) is 1. The summed E-state index contributed by atoms with van der Waals surface area (Å²) in [7, 11) is 0. The van der Waals surface area contributed by atoms with Crippen molar-refractivity contribution in [1.29, 1.82) is 0 Å². The zero-order valence-corrected chi connectivity index (χ0v) is 18.3. The first-order chi connectivity index (χ1) is 14.4. The molecule has 4 rings (SSSR count). The van der Waals surface area contributed by atoms with Gasteiger partial charge in [-0.1, -0.05) is 43.3 Å². The number of carbonyl (C=O) groups excluding carboxylic acids is 2. The Kier molecular flexibility index (Phi) is 5.68. The van der Waals surface area contributed by atoms with Crippen LogP contribution in [-0.4, -0.2) is 23.3 Å². The number of nitrogens with zero attached hydrogens (tertiary/aromatic N) is 2. The molecule has 2 amide bonds. The summed E-state index contributed by atoms with van der Waals surface area (Å²) in [5.41, 5.74) is 5.03. The SMILES string of the molecule is CCc1sc(NC(=O)C2CC(=O)N(c3cc(C)cc(C)c3)C2)nc1-c1ccccc1. The Labute approximate surface area is 180 Å². The summed E-state index contributed by atoms with van der Waals surface area (Å²) in [6.45, 7) is 6.51. The van der Waals surface area contributed by atoms with Gasteiger partial charge in [-0.25, -0.2) is 4.98 Å². The molecule has 0 radical (unpaired) electrons. The van der Waals surface area contributed by atoms with Gasteiger partial charge in [-0.3, -0.25) is 9.59 Å². The van der Waals surface area contributed by atoms with Crippen molar-refractivity contribution in [1.82, 2.24) is 4.98 Å². The van der Waals surface area contributed by atoms with E-state index < -0.39 is 0 Å². The predicted molar refractivity (Wildman–Crippen MR) is 122 cm³/mol. The first-order valence-electron chi connectivity index (χ1n) is 10.2. The van der Waals surface area contributed by atoms with Gasteiger partial charge in [-0.05, 0) is 43.5 Å². The molecule has 0 aliphatic carbocycles. The third-order valence-corrected chi connectivity index (χ3v) is 6.42. The first kappa shape index (κ1) is 20.3. The average Bonchev–Trinajstić information content (AvgIpc) is 3.31. The molecule has 0 saturated carbocycles. The van der Waals surface area contributed by atoms with Crippen LogP contribution < -0.4 is 10.2 Å². The number of nitrogens with one attached hydrogen (secondary N) is 1. The number of carbonyl (C=O) groups is 2. The van der Waals surface area contributed by atoms with Gasteiger partial charge in [0.2, 0.25) is 11.8 Å². The highest BCUT2D eigenvalue weighted by atomic mass is 32.1. The number of benzene rings is 2. The summed E-state index contributed by atoms with van der Waals surface area (Å²) in [6.07, 6.45) is 1.07. The van der Waals surface area contributed by atoms with Gasteiger partial charge in [0.15, 0.2) is 5.13 Å². The average molecular weight is 420 g/mol. The number of hydrogen-bond acceptors (Lipinski definition) is 4. The molecule has 2 heterocycles. The van der Waals surface area contributed by atoms with E-state index in [0.717, 1.165) is 39.4 Å². The van der Waals surface area contributed by atoms with Gasteiger partial charge in [0, 0.05) is 29.1 Å². The molecule has 154 valence electrons. The lowest BCUT2D eigenvalue weighted by Crippen LogP contribution is -2.28. The second-order valence-electron chi connectivity index (χ2n) is 7.75. The highest BCUT2D eigenvalue weighted by Gasteiger charge is 2.35. The summed E-state index contributed by atoms with van der Waals surface area (Å²) in [5.74, 6) is -0.544. The minimum Gasteiger partial charge on any atom is -0.312 e. The molecule has 6 heteroatoms. The number of thiazole rings is 1. The van der Waals surface area contributed by atoms with Gasteiger partial charge in [0.25, 0.3) is 0 Å². The van der Waals surface area contributed by atoms with Crippen LogP contribution in [0.3, 0.4) is 0 Å². The van der Waals surface area contributed by atoms with E-state index in [9.17, 15) is 9.59 Å². The predicted octanol–water partition coefficient (Wildman–Crippen LogP) is 4.98. The summed E-state index contributed by atoms with van der Waals surface area (Å²) in [5, 5.41) is 3.54. The zero-order chi connectivity index (χ0) is 21.3. The number of aromatic nitrogens is 1. The van der Waals surface area contributed by atoms with Crippen molar-refractivity contribution in [2.24, 2.45) is 5.92 Å². The lowest BCUT2D eigenvalue weighted by molar-refractivity contribution is -0.122. The summed E-state index contributed by atoms with van der Waals surface area (Å²) in [4.78, 5) is 33.0. The van der Waals surface area contributed by atoms with Crippen LogP contribution in [-0.2, 0) is 16.0 Å². The molecule has 1 N–H and O–H groups in total. The van der Waals surface area contributed by atoms with E-state index >= 15 is 0 Å². The van der Waals surface area contributed by atoms with Gasteiger partial charge < -0.3 is 10.2 Å². The molecule has 1 aliphatic rings. The van der Waals surface area contributed by atoms with Crippen molar-refractivity contribution in [2.75, 3.05) is 16.8 Å². The smallest absolute Gasteiger partial charge is 0.231 e. The van der Waals surface area contributed by atoms with Crippen LogP contribution >= 0.6 is 11.3 Å². The van der Waals surface area contributed by atoms with Crippen LogP contribution in [0.15, 0.2) is 48.5 Å². The van der Waals surface area contributed by atoms with E-state index in [1.54, 1.807) is 4.90 Å². The third-order valence-electron chi connectivity index (χ3n) is 5.31. The van der Waals surface area contributed by atoms with Crippen molar-refractivity contribution < 1.29 is 9.59 Å². The maximum Gasteiger partial charge on any atom is 0.231 e. The second kappa shape index (κ2) is 8.40. The van der Waals surface area contributed by atoms with E-state index in [1.165, 1.54) is 11.3 Å². The molecule has 1 fully saturated rings. The molecule has 1 unspecified atom stereocenters. The van der Waals surface area contributed by atoms with Crippen LogP contribution in [0.5, 0.6) is 0 Å². The minimum atomic E-state index is -0.382. The Morgan fingerprint density at radius 1 is 1.17 bits per heavy atom. The van der Waals surface area contributed by atoms with Gasteiger partial charge in [-0.2, -0.15) is 0 Å². The van der Waals surface area contributed by atoms with Gasteiger partial charge >= 0.3 is 0 Å². The molecule has 1 saturated heterocycles. The maximum atomic E-state index is 12.9. The monoisotopic (exact) mass is 419 g/mol. The van der Waals surface area contributed by atoms with Crippen LogP contribution in [0.25, 0.3) is 11.3 Å². The minimum absolute atomic E-state index is 0.0153. The van der Waals surface area contributed by atoms with Crippen LogP contribution in [0, 0.1) is 19.8 Å². The van der Waals surface area contributed by atoms with Gasteiger partial charge in [0.05, 0.1) is 11.6 Å². The lowest BCUT2D eigenvalue weighted by Gasteiger charge is -2.18. The molecular formula is C24H25N3O2S. The molecule has 0 spiro atoms. The molecule has 0 bridgehead atoms. The Morgan fingerprint density at radius 2 is 1.87 bits per heavy atom. The zero-order valence-electron chi connectivity index (χ0n) is 17.4. The van der Waals surface area contributed by atoms with E-state index in [1.807, 2.05) is 56.3 Å². The normalized spacial score (nSPS) is 16.2. The third kappa shape index (κ3) is 4.14. The Bertz CT molecular complexity index is 1070. The van der Waals surface area contributed by atoms with Crippen LogP contribution in [0.4, 0.5) is 10.8 Å². The number of rotatable bonds is 5. The quantitative estimate of drug-likeness (QED) is 0.634. The van der Waals surface area contributed by atoms with Crippen LogP contribution in [0.1, 0.15) is 29.3 Å². The van der Waals surface area contributed by atoms with Crippen molar-refractivity contribution in [3.63, 3.8) is 0 Å². The summed E-state index contributed by atoms with van der Waals surface area (Å²) < 4.78 is 0. The van der Waals surface area contributed by atoms with Crippen molar-refractivity contribution in [2.45, 2.75) is 33.6 Å². The molecule has 5 nitrogen and oxygen atoms in total. The number of aryl methyl sites for hydroxylation is 3. The standard InChI is InChI=1S/C24H25N3O2S/c1-4-20-22(17-8-6-5-7-9-17)25-24(30-20)26-23(29)18-13-21(28)27(14-18)19-11-15(2)10-16(3)12-19/h5-12,18H,4,13-14H2,1-3H3,(H,25,26,29). The molecular weight excluding hydrogens is 394 g/mol. The Hall–Kier alpha value is -2.99. The Balaban J connectivity index is 1.50. The molecule has 1 aromatic heterocycles. The molecule has 1 aliphatic heterocycles. The summed E-state index contributed by atoms with van der Waals surface area (Å²) >= 11 is 1.50. The fourth-order valence-electron chi connectivity index (χ4n) is 3.91. The molecule has 1 atom stereocenters. The highest BCUT2D eigenvalue weighted by Crippen LogP contribution is 2.33. The van der Waals surface area contributed by atoms with E-state index in [2.05, 4.69) is 23.3 Å². The number of amides is 2. The highest BCUT2D eigenvalue weighted by molar-refractivity contribution is 7.16. The first-order valence-corrected chi connectivity index (χ1v) is 11.0. The fraction of sp³-hybridized carbons (Fsp3) is 0.292. The van der Waals surface area contributed by atoms with E-state index in [4.69, 9.17) is 0 Å². The van der Waals surface area contributed by atoms with Crippen molar-refractivity contribution in [3.05, 3.63) is 64.5 Å². The second-order valence-corrected chi connectivity index (χ2v) is 8.83. The van der Waals surface area contributed by atoms with Gasteiger partial charge in [-0.15, -0.1) is 11.3 Å². The van der Waals surface area contributed by atoms with Crippen LogP contribution in [0.2, 0.25) is 0 Å². The Morgan fingerprint density at radius 3 is 2.53 bits per heavy atom. The lowest BCUT2D eigenvalue weighted by atomic mass is 10.1. The van der Waals surface area contributed by atoms with Gasteiger partial charge in [0.1, 0.15) is 0 Å². The summed E-state index contributed by atoms with van der Waals surface area (Å²) in [6, 6.07) is 16.1. The maximum absolute atomic E-state index is 12.9. The van der Waals surface area contributed by atoms with Crippen molar-refractivity contribution >= 4 is 34.0 Å². The molecule has 30 heavy (non-hydrogen) atoms. The molecule has 2 aromatic carbocycles. The van der Waals surface area contributed by atoms with E-state index in [-0.39, 0.29) is 24.2 Å². The molecule has 3 aromatic rings. The largest absolute Gasteiger partial charge is 0.312 e.